The third-order valence-electron chi connectivity index (χ3n) is 6.35. The number of thioether (sulfide) groups is 1. The van der Waals surface area contributed by atoms with Gasteiger partial charge in [-0.2, -0.15) is 0 Å². The number of hydrogen-bond acceptors (Lipinski definition) is 5. The molecule has 1 aliphatic rings. The number of nitrogens with zero attached hydrogens (tertiary/aromatic N) is 2. The molecule has 1 saturated carbocycles. The summed E-state index contributed by atoms with van der Waals surface area (Å²) in [6, 6.07) is 14.8. The summed E-state index contributed by atoms with van der Waals surface area (Å²) in [7, 11) is 0. The highest BCUT2D eigenvalue weighted by Gasteiger charge is 2.18. The average molecular weight is 527 g/mol. The van der Waals surface area contributed by atoms with Gasteiger partial charge in [-0.1, -0.05) is 73.0 Å². The second-order valence-electron chi connectivity index (χ2n) is 9.03. The molecule has 1 aliphatic carbocycles. The first-order chi connectivity index (χ1) is 17.5. The van der Waals surface area contributed by atoms with Crippen LogP contribution in [0.25, 0.3) is 10.9 Å². The molecule has 2 aromatic carbocycles. The summed E-state index contributed by atoms with van der Waals surface area (Å²) in [4.78, 5) is 42.8. The Balaban J connectivity index is 1.38. The van der Waals surface area contributed by atoms with Crippen LogP contribution in [0, 0.1) is 0 Å². The van der Waals surface area contributed by atoms with Crippen LogP contribution in [0.2, 0.25) is 5.02 Å². The fourth-order valence-electron chi connectivity index (χ4n) is 4.42. The van der Waals surface area contributed by atoms with Crippen molar-refractivity contribution in [1.82, 2.24) is 20.2 Å². The van der Waals surface area contributed by atoms with Crippen LogP contribution >= 0.6 is 23.4 Å². The molecule has 3 aromatic rings. The summed E-state index contributed by atoms with van der Waals surface area (Å²) >= 11 is 7.42. The molecule has 190 valence electrons. The summed E-state index contributed by atoms with van der Waals surface area (Å²) in [5.74, 6) is 0.0390. The molecule has 1 fully saturated rings. The largest absolute Gasteiger partial charge is 0.353 e. The maximum atomic E-state index is 13.2. The smallest absolute Gasteiger partial charge is 0.262 e. The van der Waals surface area contributed by atoms with E-state index in [-0.39, 0.29) is 35.6 Å². The molecule has 0 unspecified atom stereocenters. The van der Waals surface area contributed by atoms with Gasteiger partial charge in [0.2, 0.25) is 11.8 Å². The minimum Gasteiger partial charge on any atom is -0.353 e. The lowest BCUT2D eigenvalue weighted by Gasteiger charge is -2.22. The lowest BCUT2D eigenvalue weighted by Crippen LogP contribution is -2.37. The highest BCUT2D eigenvalue weighted by molar-refractivity contribution is 7.99. The van der Waals surface area contributed by atoms with E-state index in [1.165, 1.54) is 18.2 Å². The Morgan fingerprint density at radius 2 is 1.78 bits per heavy atom. The normalized spacial score (nSPS) is 14.0. The maximum absolute atomic E-state index is 13.2. The Bertz CT molecular complexity index is 1270. The van der Waals surface area contributed by atoms with Gasteiger partial charge in [-0.15, -0.1) is 0 Å². The second-order valence-corrected chi connectivity index (χ2v) is 10.4. The molecule has 0 radical (unpaired) electrons. The molecule has 2 N–H and O–H groups in total. The molecule has 0 aliphatic heterocycles. The molecule has 0 saturated heterocycles. The van der Waals surface area contributed by atoms with Crippen LogP contribution < -0.4 is 16.2 Å². The fourth-order valence-corrected chi connectivity index (χ4v) is 5.46. The number of hydrogen-bond donors (Lipinski definition) is 2. The number of rotatable bonds is 10. The molecular weight excluding hydrogens is 496 g/mol. The monoisotopic (exact) mass is 526 g/mol. The van der Waals surface area contributed by atoms with Crippen LogP contribution in [0.4, 0.5) is 0 Å². The van der Waals surface area contributed by atoms with Gasteiger partial charge in [0.05, 0.1) is 16.7 Å². The van der Waals surface area contributed by atoms with Crippen LogP contribution in [0.5, 0.6) is 0 Å². The minimum atomic E-state index is -0.160. The average Bonchev–Trinajstić information content (AvgIpc) is 2.89. The van der Waals surface area contributed by atoms with E-state index in [2.05, 4.69) is 15.6 Å². The van der Waals surface area contributed by atoms with Gasteiger partial charge in [-0.3, -0.25) is 19.0 Å². The zero-order chi connectivity index (χ0) is 25.3. The summed E-state index contributed by atoms with van der Waals surface area (Å²) in [6.07, 6.45) is 6.30. The lowest BCUT2D eigenvalue weighted by atomic mass is 9.95. The lowest BCUT2D eigenvalue weighted by molar-refractivity contribution is -0.121. The van der Waals surface area contributed by atoms with Gasteiger partial charge in [0.15, 0.2) is 5.16 Å². The zero-order valence-electron chi connectivity index (χ0n) is 20.2. The predicted octanol–water partition coefficient (Wildman–Crippen LogP) is 4.69. The summed E-state index contributed by atoms with van der Waals surface area (Å²) in [5.41, 5.74) is 1.30. The predicted molar refractivity (Wildman–Crippen MR) is 144 cm³/mol. The Morgan fingerprint density at radius 1 is 1.03 bits per heavy atom. The molecule has 1 aromatic heterocycles. The van der Waals surface area contributed by atoms with Crippen molar-refractivity contribution in [2.75, 3.05) is 5.75 Å². The second kappa shape index (κ2) is 12.9. The van der Waals surface area contributed by atoms with Crippen molar-refractivity contribution < 1.29 is 9.59 Å². The van der Waals surface area contributed by atoms with Gasteiger partial charge in [-0.25, -0.2) is 4.98 Å². The molecule has 0 bridgehead atoms. The Morgan fingerprint density at radius 3 is 2.58 bits per heavy atom. The van der Waals surface area contributed by atoms with Gasteiger partial charge >= 0.3 is 0 Å². The number of aromatic nitrogens is 2. The number of carbonyl (C=O) groups is 2. The quantitative estimate of drug-likeness (QED) is 0.295. The molecule has 36 heavy (non-hydrogen) atoms. The van der Waals surface area contributed by atoms with E-state index >= 15 is 0 Å². The molecule has 7 nitrogen and oxygen atoms in total. The molecule has 0 spiro atoms. The first kappa shape index (κ1) is 26.2. The standard InChI is InChI=1S/C27H31ClN4O3S/c28-22-13-6-4-9-19(22)17-29-24(33)15-8-16-32-26(35)21-12-5-7-14-23(21)31-27(32)36-18-25(34)30-20-10-2-1-3-11-20/h4-7,9,12-14,20H,1-3,8,10-11,15-18H2,(H,29,33)(H,30,34). The molecule has 0 atom stereocenters. The minimum absolute atomic E-state index is 0.0418. The van der Waals surface area contributed by atoms with Crippen molar-refractivity contribution in [1.29, 1.82) is 0 Å². The summed E-state index contributed by atoms with van der Waals surface area (Å²) in [6.45, 7) is 0.690. The van der Waals surface area contributed by atoms with Crippen molar-refractivity contribution in [3.05, 3.63) is 69.5 Å². The topological polar surface area (TPSA) is 93.1 Å². The van der Waals surface area contributed by atoms with Crippen LogP contribution in [-0.4, -0.2) is 33.2 Å². The van der Waals surface area contributed by atoms with Crippen LogP contribution in [0.3, 0.4) is 0 Å². The molecular formula is C27H31ClN4O3S. The number of carbonyl (C=O) groups excluding carboxylic acids is 2. The summed E-state index contributed by atoms with van der Waals surface area (Å²) in [5, 5.41) is 7.62. The highest BCUT2D eigenvalue weighted by atomic mass is 35.5. The number of amides is 2. The third-order valence-corrected chi connectivity index (χ3v) is 7.69. The van der Waals surface area contributed by atoms with Gasteiger partial charge in [-0.05, 0) is 43.0 Å². The highest BCUT2D eigenvalue weighted by Crippen LogP contribution is 2.20. The van der Waals surface area contributed by atoms with Crippen molar-refractivity contribution >= 4 is 46.1 Å². The third kappa shape index (κ3) is 7.11. The van der Waals surface area contributed by atoms with E-state index < -0.39 is 0 Å². The molecule has 2 amide bonds. The first-order valence-corrected chi connectivity index (χ1v) is 13.8. The van der Waals surface area contributed by atoms with Crippen molar-refractivity contribution in [3.8, 4) is 0 Å². The molecule has 1 heterocycles. The van der Waals surface area contributed by atoms with Crippen molar-refractivity contribution in [3.63, 3.8) is 0 Å². The Hall–Kier alpha value is -2.84. The Labute approximate surface area is 220 Å². The van der Waals surface area contributed by atoms with Crippen LogP contribution in [0.15, 0.2) is 58.5 Å². The number of halogens is 1. The van der Waals surface area contributed by atoms with Gasteiger partial charge < -0.3 is 10.6 Å². The SMILES string of the molecule is O=C(CCCn1c(SCC(=O)NC2CCCCC2)nc2ccccc2c1=O)NCc1ccccc1Cl. The van der Waals surface area contributed by atoms with E-state index in [9.17, 15) is 14.4 Å². The van der Waals surface area contributed by atoms with E-state index in [0.29, 0.717) is 40.6 Å². The van der Waals surface area contributed by atoms with E-state index in [4.69, 9.17) is 11.6 Å². The fraction of sp³-hybridized carbons (Fsp3) is 0.407. The number of fused-ring (bicyclic) bond motifs is 1. The molecule has 9 heteroatoms. The number of para-hydroxylation sites is 1. The van der Waals surface area contributed by atoms with Gasteiger partial charge in [0, 0.05) is 30.6 Å². The zero-order valence-corrected chi connectivity index (χ0v) is 21.7. The van der Waals surface area contributed by atoms with E-state index in [0.717, 1.165) is 31.2 Å². The first-order valence-electron chi connectivity index (χ1n) is 12.4. The summed E-state index contributed by atoms with van der Waals surface area (Å²) < 4.78 is 1.59. The van der Waals surface area contributed by atoms with E-state index in [1.54, 1.807) is 22.8 Å². The van der Waals surface area contributed by atoms with Crippen LogP contribution in [0.1, 0.15) is 50.5 Å². The van der Waals surface area contributed by atoms with Gasteiger partial charge in [0.25, 0.3) is 5.56 Å². The van der Waals surface area contributed by atoms with Crippen LogP contribution in [-0.2, 0) is 22.7 Å². The van der Waals surface area contributed by atoms with Crippen molar-refractivity contribution in [2.24, 2.45) is 0 Å². The maximum Gasteiger partial charge on any atom is 0.262 e. The Kier molecular flexibility index (Phi) is 9.41. The number of nitrogens with one attached hydrogen (secondary N) is 2. The number of benzene rings is 2. The van der Waals surface area contributed by atoms with Crippen molar-refractivity contribution in [2.45, 2.75) is 69.2 Å². The molecule has 4 rings (SSSR count). The van der Waals surface area contributed by atoms with Gasteiger partial charge in [0.1, 0.15) is 0 Å². The van der Waals surface area contributed by atoms with E-state index in [1.807, 2.05) is 30.3 Å².